The smallest absolute Gasteiger partial charge is 0.196 e. The Labute approximate surface area is 109 Å². The van der Waals surface area contributed by atoms with Gasteiger partial charge in [0, 0.05) is 12.8 Å². The van der Waals surface area contributed by atoms with Gasteiger partial charge in [0.1, 0.15) is 0 Å². The quantitative estimate of drug-likeness (QED) is 0.622. The Kier molecular flexibility index (Phi) is 7.46. The van der Waals surface area contributed by atoms with Crippen LogP contribution in [0, 0.1) is 0 Å². The maximum atomic E-state index is 11.5. The highest BCUT2D eigenvalue weighted by molar-refractivity contribution is 5.81. The van der Waals surface area contributed by atoms with E-state index >= 15 is 0 Å². The van der Waals surface area contributed by atoms with Crippen molar-refractivity contribution >= 4 is 11.6 Å². The topological polar surface area (TPSA) is 59.5 Å². The number of hydrogen-bond donors (Lipinski definition) is 0. The molecule has 0 N–H and O–H groups in total. The lowest BCUT2D eigenvalue weighted by Crippen LogP contribution is -2.23. The Hall–Kier alpha value is -1.06. The molecule has 4 heteroatoms. The molecule has 1 rings (SSSR count). The minimum absolute atomic E-state index is 0.00819. The van der Waals surface area contributed by atoms with E-state index in [2.05, 4.69) is 0 Å². The molecule has 1 fully saturated rings. The molecular formula is C14H24N2O2. The van der Waals surface area contributed by atoms with Crippen LogP contribution in [0.1, 0.15) is 64.2 Å². The molecule has 4 nitrogen and oxygen atoms in total. The van der Waals surface area contributed by atoms with Crippen LogP contribution in [-0.2, 0) is 9.59 Å². The summed E-state index contributed by atoms with van der Waals surface area (Å²) in [6.07, 6.45) is 9.87. The second-order valence-electron chi connectivity index (χ2n) is 5.23. The van der Waals surface area contributed by atoms with Gasteiger partial charge in [-0.15, -0.1) is 0 Å². The zero-order valence-electron chi connectivity index (χ0n) is 11.2. The van der Waals surface area contributed by atoms with E-state index in [9.17, 15) is 15.1 Å². The highest BCUT2D eigenvalue weighted by atomic mass is 16.1. The summed E-state index contributed by atoms with van der Waals surface area (Å²) in [6.45, 7) is -0.0164. The molecule has 0 aliphatic carbocycles. The van der Waals surface area contributed by atoms with Gasteiger partial charge in [-0.25, -0.2) is 0 Å². The third-order valence-corrected chi connectivity index (χ3v) is 3.38. The molecule has 1 aliphatic heterocycles. The van der Waals surface area contributed by atoms with E-state index in [-0.39, 0.29) is 24.7 Å². The summed E-state index contributed by atoms with van der Waals surface area (Å²) in [5.74, 6) is 0.0559. The van der Waals surface area contributed by atoms with Crippen LogP contribution in [0.5, 0.6) is 0 Å². The first-order chi connectivity index (χ1) is 8.68. The molecule has 0 unspecified atom stereocenters. The van der Waals surface area contributed by atoms with E-state index in [0.29, 0.717) is 12.8 Å². The van der Waals surface area contributed by atoms with E-state index < -0.39 is 0 Å². The SMILES string of the molecule is [N-]=[N+]1CC(=O)CCCCCCCCCCC(=O)C1. The van der Waals surface area contributed by atoms with Crippen molar-refractivity contribution in [1.29, 1.82) is 0 Å². The largest absolute Gasteiger partial charge is 0.506 e. The molecule has 18 heavy (non-hydrogen) atoms. The average Bonchev–Trinajstić information content (AvgIpc) is 2.30. The first-order valence-corrected chi connectivity index (χ1v) is 7.15. The number of Topliss-reactive ketones (excluding diaryl/α,β-unsaturated/α-hetero) is 2. The molecule has 0 atom stereocenters. The zero-order chi connectivity index (χ0) is 13.2. The molecular weight excluding hydrogens is 228 g/mol. The Balaban J connectivity index is 2.38. The number of ketones is 2. The maximum absolute atomic E-state index is 11.5. The van der Waals surface area contributed by atoms with Crippen LogP contribution >= 0.6 is 0 Å². The maximum Gasteiger partial charge on any atom is 0.196 e. The fourth-order valence-corrected chi connectivity index (χ4v) is 2.33. The number of carbonyl (C=O) groups excluding carboxylic acids is 2. The Bertz CT molecular complexity index is 272. The summed E-state index contributed by atoms with van der Waals surface area (Å²) in [7, 11) is 0. The third-order valence-electron chi connectivity index (χ3n) is 3.38. The molecule has 102 valence electrons. The van der Waals surface area contributed by atoms with Gasteiger partial charge >= 0.3 is 0 Å². The van der Waals surface area contributed by atoms with Crippen LogP contribution in [0.3, 0.4) is 0 Å². The van der Waals surface area contributed by atoms with Crippen LogP contribution in [0.4, 0.5) is 0 Å². The van der Waals surface area contributed by atoms with Gasteiger partial charge in [-0.05, 0) is 12.8 Å². The van der Waals surface area contributed by atoms with Gasteiger partial charge < -0.3 is 10.2 Å². The van der Waals surface area contributed by atoms with E-state index in [0.717, 1.165) is 30.4 Å². The van der Waals surface area contributed by atoms with Gasteiger partial charge in [-0.3, -0.25) is 9.59 Å². The van der Waals surface area contributed by atoms with E-state index in [1.807, 2.05) is 0 Å². The van der Waals surface area contributed by atoms with Crippen LogP contribution in [0.25, 0.3) is 5.53 Å². The fraction of sp³-hybridized carbons (Fsp3) is 0.857. The predicted octanol–water partition coefficient (Wildman–Crippen LogP) is 3.07. The lowest BCUT2D eigenvalue weighted by atomic mass is 10.1. The molecule has 0 aromatic carbocycles. The summed E-state index contributed by atoms with van der Waals surface area (Å²) in [6, 6.07) is 0. The van der Waals surface area contributed by atoms with Gasteiger partial charge in [0.25, 0.3) is 0 Å². The summed E-state index contributed by atoms with van der Waals surface area (Å²) >= 11 is 0. The molecule has 0 spiro atoms. The molecule has 0 saturated carbocycles. The fourth-order valence-electron chi connectivity index (χ4n) is 2.33. The lowest BCUT2D eigenvalue weighted by Gasteiger charge is -2.05. The molecule has 0 aromatic rings. The van der Waals surface area contributed by atoms with Crippen molar-refractivity contribution in [3.63, 3.8) is 0 Å². The van der Waals surface area contributed by atoms with E-state index in [1.54, 1.807) is 0 Å². The Morgan fingerprint density at radius 1 is 0.667 bits per heavy atom. The highest BCUT2D eigenvalue weighted by Gasteiger charge is 2.12. The van der Waals surface area contributed by atoms with Gasteiger partial charge in [0.2, 0.25) is 0 Å². The molecule has 0 bridgehead atoms. The van der Waals surface area contributed by atoms with E-state index in [1.165, 1.54) is 25.7 Å². The summed E-state index contributed by atoms with van der Waals surface area (Å²) in [5, 5.41) is 0. The predicted molar refractivity (Wildman–Crippen MR) is 69.5 cm³/mol. The highest BCUT2D eigenvalue weighted by Crippen LogP contribution is 2.11. The Morgan fingerprint density at radius 3 is 1.39 bits per heavy atom. The first kappa shape index (κ1) is 15.0. The van der Waals surface area contributed by atoms with Crippen LogP contribution in [0.2, 0.25) is 0 Å². The second-order valence-corrected chi connectivity index (χ2v) is 5.23. The van der Waals surface area contributed by atoms with Crippen molar-refractivity contribution in [3.05, 3.63) is 5.53 Å². The molecule has 0 amide bonds. The minimum Gasteiger partial charge on any atom is -0.506 e. The van der Waals surface area contributed by atoms with E-state index in [4.69, 9.17) is 0 Å². The van der Waals surface area contributed by atoms with Crippen molar-refractivity contribution < 1.29 is 14.3 Å². The van der Waals surface area contributed by atoms with Gasteiger partial charge in [-0.1, -0.05) is 38.5 Å². The number of carbonyl (C=O) groups is 2. The first-order valence-electron chi connectivity index (χ1n) is 7.15. The van der Waals surface area contributed by atoms with Crippen molar-refractivity contribution in [1.82, 2.24) is 0 Å². The third kappa shape index (κ3) is 7.30. The molecule has 1 aliphatic rings. The monoisotopic (exact) mass is 252 g/mol. The normalized spacial score (nSPS) is 22.3. The van der Waals surface area contributed by atoms with Gasteiger partial charge in [0.15, 0.2) is 24.7 Å². The van der Waals surface area contributed by atoms with Gasteiger partial charge in [-0.2, -0.15) is 0 Å². The van der Waals surface area contributed by atoms with Crippen molar-refractivity contribution in [3.8, 4) is 0 Å². The minimum atomic E-state index is -0.00819. The lowest BCUT2D eigenvalue weighted by molar-refractivity contribution is -0.526. The Morgan fingerprint density at radius 2 is 1.00 bits per heavy atom. The summed E-state index contributed by atoms with van der Waals surface area (Å²) in [4.78, 5) is 23.0. The molecule has 1 saturated heterocycles. The summed E-state index contributed by atoms with van der Waals surface area (Å²) < 4.78 is 0.865. The zero-order valence-corrected chi connectivity index (χ0v) is 11.2. The molecule has 1 heterocycles. The number of rotatable bonds is 0. The van der Waals surface area contributed by atoms with Crippen molar-refractivity contribution in [2.45, 2.75) is 64.2 Å². The summed E-state index contributed by atoms with van der Waals surface area (Å²) in [5.41, 5.74) is 9.51. The van der Waals surface area contributed by atoms with Crippen LogP contribution < -0.4 is 0 Å². The van der Waals surface area contributed by atoms with Crippen LogP contribution in [-0.4, -0.2) is 29.4 Å². The average molecular weight is 252 g/mol. The van der Waals surface area contributed by atoms with Crippen LogP contribution in [0.15, 0.2) is 0 Å². The standard InChI is InChI=1S/C14H24N2O2/c15-16-11-13(17)9-7-5-3-1-2-4-6-8-10-14(18)12-16/h1-12H2. The number of hydrogen-bond acceptors (Lipinski definition) is 2. The van der Waals surface area contributed by atoms with Crippen molar-refractivity contribution in [2.75, 3.05) is 13.1 Å². The molecule has 0 radical (unpaired) electrons. The van der Waals surface area contributed by atoms with Crippen molar-refractivity contribution in [2.24, 2.45) is 0 Å². The second kappa shape index (κ2) is 8.95. The van der Waals surface area contributed by atoms with Gasteiger partial charge in [0.05, 0.1) is 0 Å². The molecule has 0 aromatic heterocycles. The number of nitrogens with zero attached hydrogens (tertiary/aromatic N) is 2.